The van der Waals surface area contributed by atoms with Crippen LogP contribution in [0.25, 0.3) is 33.4 Å². The standard InChI is InChI=1S/C28H26FN3O5/c1-34-24-14-18(15-25(35-2)27(24)36-3)23-16-30-22-6-4-5-20(26(22)31-23)19-8-7-17(13-21(19)29)28(33)32-9-11-37-12-10-32/h4-8,13-16H,9-12H2,1-3H3. The molecule has 0 atom stereocenters. The monoisotopic (exact) mass is 503 g/mol. The highest BCUT2D eigenvalue weighted by molar-refractivity contribution is 5.97. The van der Waals surface area contributed by atoms with Crippen LogP contribution in [-0.4, -0.2) is 68.4 Å². The average Bonchev–Trinajstić information content (AvgIpc) is 2.95. The number of rotatable bonds is 6. The van der Waals surface area contributed by atoms with Gasteiger partial charge in [-0.15, -0.1) is 0 Å². The fourth-order valence-corrected chi connectivity index (χ4v) is 4.43. The summed E-state index contributed by atoms with van der Waals surface area (Å²) < 4.78 is 37.1. The van der Waals surface area contributed by atoms with Crippen LogP contribution in [0.2, 0.25) is 0 Å². The van der Waals surface area contributed by atoms with Gasteiger partial charge in [0, 0.05) is 35.3 Å². The fraction of sp³-hybridized carbons (Fsp3) is 0.250. The molecule has 1 aromatic heterocycles. The van der Waals surface area contributed by atoms with Crippen molar-refractivity contribution in [2.24, 2.45) is 0 Å². The summed E-state index contributed by atoms with van der Waals surface area (Å²) in [6, 6.07) is 13.5. The Bertz CT molecular complexity index is 1440. The number of benzene rings is 3. The van der Waals surface area contributed by atoms with Gasteiger partial charge in [0.15, 0.2) is 11.5 Å². The maximum atomic E-state index is 15.4. The van der Waals surface area contributed by atoms with Gasteiger partial charge in [-0.25, -0.2) is 9.37 Å². The summed E-state index contributed by atoms with van der Waals surface area (Å²) in [5.74, 6) is 0.719. The van der Waals surface area contributed by atoms with Gasteiger partial charge in [0.2, 0.25) is 5.75 Å². The van der Waals surface area contributed by atoms with Gasteiger partial charge in [0.05, 0.1) is 57.5 Å². The van der Waals surface area contributed by atoms with E-state index in [-0.39, 0.29) is 5.91 Å². The predicted molar refractivity (Wildman–Crippen MR) is 137 cm³/mol. The molecule has 4 aromatic rings. The number of ether oxygens (including phenoxy) is 4. The maximum absolute atomic E-state index is 15.4. The number of hydrogen-bond donors (Lipinski definition) is 0. The van der Waals surface area contributed by atoms with Gasteiger partial charge in [-0.05, 0) is 30.3 Å². The molecule has 0 bridgehead atoms. The van der Waals surface area contributed by atoms with Crippen LogP contribution in [0.15, 0.2) is 54.7 Å². The smallest absolute Gasteiger partial charge is 0.254 e. The molecule has 1 fully saturated rings. The molecule has 1 aliphatic rings. The van der Waals surface area contributed by atoms with Crippen molar-refractivity contribution in [3.63, 3.8) is 0 Å². The summed E-state index contributed by atoms with van der Waals surface area (Å²) in [6.07, 6.45) is 1.65. The molecular formula is C28H26FN3O5. The number of halogens is 1. The van der Waals surface area contributed by atoms with Crippen LogP contribution >= 0.6 is 0 Å². The van der Waals surface area contributed by atoms with E-state index in [1.165, 1.54) is 13.2 Å². The third kappa shape index (κ3) is 4.65. The molecule has 8 nitrogen and oxygen atoms in total. The van der Waals surface area contributed by atoms with Crippen molar-refractivity contribution in [1.29, 1.82) is 0 Å². The first-order chi connectivity index (χ1) is 18.0. The molecule has 1 aliphatic heterocycles. The average molecular weight is 504 g/mol. The molecule has 0 spiro atoms. The summed E-state index contributed by atoms with van der Waals surface area (Å²) in [7, 11) is 4.62. The van der Waals surface area contributed by atoms with E-state index in [1.807, 2.05) is 6.07 Å². The van der Waals surface area contributed by atoms with Crippen LogP contribution in [0.1, 0.15) is 10.4 Å². The van der Waals surface area contributed by atoms with Crippen molar-refractivity contribution in [3.05, 3.63) is 66.1 Å². The molecule has 1 saturated heterocycles. The second-order valence-electron chi connectivity index (χ2n) is 8.44. The number of para-hydroxylation sites is 1. The highest BCUT2D eigenvalue weighted by atomic mass is 19.1. The van der Waals surface area contributed by atoms with E-state index in [2.05, 4.69) is 4.98 Å². The van der Waals surface area contributed by atoms with Gasteiger partial charge >= 0.3 is 0 Å². The van der Waals surface area contributed by atoms with Crippen molar-refractivity contribution in [3.8, 4) is 39.6 Å². The first-order valence-electron chi connectivity index (χ1n) is 11.8. The molecule has 5 rings (SSSR count). The Morgan fingerprint density at radius 2 is 1.68 bits per heavy atom. The molecular weight excluding hydrogens is 477 g/mol. The number of carbonyl (C=O) groups excluding carboxylic acids is 1. The van der Waals surface area contributed by atoms with Crippen molar-refractivity contribution < 1.29 is 28.1 Å². The van der Waals surface area contributed by atoms with Gasteiger partial charge < -0.3 is 23.8 Å². The second kappa shape index (κ2) is 10.4. The molecule has 0 N–H and O–H groups in total. The van der Waals surface area contributed by atoms with E-state index < -0.39 is 5.82 Å². The van der Waals surface area contributed by atoms with Crippen LogP contribution in [0.3, 0.4) is 0 Å². The van der Waals surface area contributed by atoms with Crippen molar-refractivity contribution in [2.45, 2.75) is 0 Å². The zero-order chi connectivity index (χ0) is 25.9. The highest BCUT2D eigenvalue weighted by Gasteiger charge is 2.21. The predicted octanol–water partition coefficient (Wildman–Crippen LogP) is 4.60. The lowest BCUT2D eigenvalue weighted by Gasteiger charge is -2.27. The van der Waals surface area contributed by atoms with Crippen molar-refractivity contribution in [2.75, 3.05) is 47.6 Å². The lowest BCUT2D eigenvalue weighted by molar-refractivity contribution is 0.0302. The number of carbonyl (C=O) groups is 1. The van der Waals surface area contributed by atoms with E-state index in [9.17, 15) is 4.79 Å². The van der Waals surface area contributed by atoms with Gasteiger partial charge in [-0.1, -0.05) is 18.2 Å². The van der Waals surface area contributed by atoms with Crippen LogP contribution in [0.5, 0.6) is 17.2 Å². The summed E-state index contributed by atoms with van der Waals surface area (Å²) >= 11 is 0. The molecule has 2 heterocycles. The summed E-state index contributed by atoms with van der Waals surface area (Å²) in [4.78, 5) is 23.9. The molecule has 190 valence electrons. The SMILES string of the molecule is COc1cc(-c2cnc3cccc(-c4ccc(C(=O)N5CCOCC5)cc4F)c3n2)cc(OC)c1OC. The van der Waals surface area contributed by atoms with Crippen LogP contribution < -0.4 is 14.2 Å². The zero-order valence-corrected chi connectivity index (χ0v) is 20.8. The third-order valence-electron chi connectivity index (χ3n) is 6.34. The molecule has 0 radical (unpaired) electrons. The Morgan fingerprint density at radius 3 is 2.32 bits per heavy atom. The first kappa shape index (κ1) is 24.5. The largest absolute Gasteiger partial charge is 0.493 e. The van der Waals surface area contributed by atoms with E-state index in [4.69, 9.17) is 23.9 Å². The zero-order valence-electron chi connectivity index (χ0n) is 20.8. The normalized spacial score (nSPS) is 13.5. The molecule has 0 unspecified atom stereocenters. The number of morpholine rings is 1. The van der Waals surface area contributed by atoms with Gasteiger partial charge in [-0.2, -0.15) is 0 Å². The molecule has 1 amide bonds. The Hall–Kier alpha value is -4.24. The summed E-state index contributed by atoms with van der Waals surface area (Å²) in [5, 5.41) is 0. The van der Waals surface area contributed by atoms with E-state index in [1.54, 1.807) is 61.7 Å². The minimum absolute atomic E-state index is 0.212. The van der Waals surface area contributed by atoms with Crippen molar-refractivity contribution >= 4 is 16.9 Å². The maximum Gasteiger partial charge on any atom is 0.254 e. The van der Waals surface area contributed by atoms with Crippen LogP contribution in [0.4, 0.5) is 4.39 Å². The Kier molecular flexibility index (Phi) is 6.87. The summed E-state index contributed by atoms with van der Waals surface area (Å²) in [5.41, 5.74) is 3.60. The lowest BCUT2D eigenvalue weighted by Crippen LogP contribution is -2.40. The molecule has 37 heavy (non-hydrogen) atoms. The number of aromatic nitrogens is 2. The number of methoxy groups -OCH3 is 3. The highest BCUT2D eigenvalue weighted by Crippen LogP contribution is 2.41. The minimum Gasteiger partial charge on any atom is -0.493 e. The van der Waals surface area contributed by atoms with Crippen LogP contribution in [-0.2, 0) is 4.74 Å². The number of amides is 1. The number of nitrogens with zero attached hydrogens (tertiary/aromatic N) is 3. The number of hydrogen-bond acceptors (Lipinski definition) is 7. The first-order valence-corrected chi connectivity index (χ1v) is 11.8. The van der Waals surface area contributed by atoms with Crippen molar-refractivity contribution in [1.82, 2.24) is 14.9 Å². The van der Waals surface area contributed by atoms with Crippen LogP contribution in [0, 0.1) is 5.82 Å². The van der Waals surface area contributed by atoms with Gasteiger partial charge in [0.1, 0.15) is 5.82 Å². The second-order valence-corrected chi connectivity index (χ2v) is 8.44. The van der Waals surface area contributed by atoms with E-state index >= 15 is 4.39 Å². The third-order valence-corrected chi connectivity index (χ3v) is 6.34. The molecule has 0 saturated carbocycles. The Balaban J connectivity index is 1.56. The summed E-state index contributed by atoms with van der Waals surface area (Å²) in [6.45, 7) is 1.94. The molecule has 9 heteroatoms. The van der Waals surface area contributed by atoms with Gasteiger partial charge in [-0.3, -0.25) is 9.78 Å². The van der Waals surface area contributed by atoms with E-state index in [0.29, 0.717) is 82.5 Å². The lowest BCUT2D eigenvalue weighted by atomic mass is 10.0. The quantitative estimate of drug-likeness (QED) is 0.380. The molecule has 0 aliphatic carbocycles. The fourth-order valence-electron chi connectivity index (χ4n) is 4.43. The number of fused-ring (bicyclic) bond motifs is 1. The minimum atomic E-state index is -0.508. The molecule has 3 aromatic carbocycles. The topological polar surface area (TPSA) is 83.0 Å². The van der Waals surface area contributed by atoms with E-state index in [0.717, 1.165) is 0 Å². The Morgan fingerprint density at radius 1 is 0.946 bits per heavy atom. The Labute approximate surface area is 213 Å². The van der Waals surface area contributed by atoms with Gasteiger partial charge in [0.25, 0.3) is 5.91 Å².